The molecule has 0 saturated heterocycles. The van der Waals surface area contributed by atoms with Crippen LogP contribution in [0.1, 0.15) is 19.5 Å². The minimum atomic E-state index is -1.30. The minimum absolute atomic E-state index is 0.104. The Labute approximate surface area is 185 Å². The maximum absolute atomic E-state index is 14.2. The maximum atomic E-state index is 14.2. The number of aliphatic hydroxyl groups is 1. The van der Waals surface area contributed by atoms with Crippen LogP contribution in [0.5, 0.6) is 0 Å². The van der Waals surface area contributed by atoms with Gasteiger partial charge in [0.25, 0.3) is 0 Å². The van der Waals surface area contributed by atoms with Crippen LogP contribution in [0, 0.1) is 23.3 Å². The van der Waals surface area contributed by atoms with Crippen molar-refractivity contribution in [3.05, 3.63) is 83.7 Å². The molecule has 2 aromatic carbocycles. The quantitative estimate of drug-likeness (QED) is 0.278. The van der Waals surface area contributed by atoms with E-state index in [0.29, 0.717) is 22.9 Å². The summed E-state index contributed by atoms with van der Waals surface area (Å²) in [4.78, 5) is 8.47. The lowest BCUT2D eigenvalue weighted by atomic mass is 10.0. The third-order valence-electron chi connectivity index (χ3n) is 4.53. The molecule has 0 bridgehead atoms. The molecule has 32 heavy (non-hydrogen) atoms. The molecule has 4 rings (SSSR count). The second kappa shape index (κ2) is 8.40. The molecule has 2 aromatic heterocycles. The monoisotopic (exact) mass is 460 g/mol. The third kappa shape index (κ3) is 4.53. The van der Waals surface area contributed by atoms with Crippen LogP contribution < -0.4 is 0 Å². The van der Waals surface area contributed by atoms with Crippen LogP contribution in [0.25, 0.3) is 22.7 Å². The van der Waals surface area contributed by atoms with E-state index in [4.69, 9.17) is 4.42 Å². The van der Waals surface area contributed by atoms with Crippen LogP contribution in [-0.2, 0) is 5.60 Å². The van der Waals surface area contributed by atoms with Crippen LogP contribution in [-0.4, -0.2) is 15.1 Å². The summed E-state index contributed by atoms with van der Waals surface area (Å²) in [6.07, 6.45) is 1.46. The molecule has 0 amide bonds. The van der Waals surface area contributed by atoms with Crippen molar-refractivity contribution in [2.45, 2.75) is 29.4 Å². The second-order valence-corrected chi connectivity index (χ2v) is 8.47. The smallest absolute Gasteiger partial charge is 0.228 e. The summed E-state index contributed by atoms with van der Waals surface area (Å²) in [6, 6.07) is 9.84. The highest BCUT2D eigenvalue weighted by Crippen LogP contribution is 2.40. The van der Waals surface area contributed by atoms with E-state index in [1.165, 1.54) is 30.5 Å². The largest absolute Gasteiger partial charge is 0.429 e. The van der Waals surface area contributed by atoms with Gasteiger partial charge in [-0.2, -0.15) is 0 Å². The van der Waals surface area contributed by atoms with Crippen molar-refractivity contribution < 1.29 is 27.1 Å². The molecule has 9 heteroatoms. The summed E-state index contributed by atoms with van der Waals surface area (Å²) >= 11 is 0.725. The summed E-state index contributed by atoms with van der Waals surface area (Å²) in [5, 5.41) is 10.2. The summed E-state index contributed by atoms with van der Waals surface area (Å²) in [5.74, 6) is -3.79. The Balaban J connectivity index is 1.80. The standard InChI is InChI=1S/C23H16F4N2O2S/c1-23(2,30)19-8-5-13(11-28-19)20-22(32-18-10-16(26)15(25)9-17(18)27)31-21(29-20)12-3-6-14(24)7-4-12/h3-11,30H,1-2H3. The van der Waals surface area contributed by atoms with E-state index in [2.05, 4.69) is 9.97 Å². The van der Waals surface area contributed by atoms with Gasteiger partial charge in [-0.15, -0.1) is 0 Å². The van der Waals surface area contributed by atoms with Gasteiger partial charge in [0.15, 0.2) is 16.7 Å². The van der Waals surface area contributed by atoms with E-state index in [9.17, 15) is 22.7 Å². The Kier molecular flexibility index (Phi) is 5.79. The number of hydrogen-bond acceptors (Lipinski definition) is 5. The zero-order valence-corrected chi connectivity index (χ0v) is 17.7. The number of oxazole rings is 1. The number of halogens is 4. The maximum Gasteiger partial charge on any atom is 0.228 e. The zero-order valence-electron chi connectivity index (χ0n) is 16.9. The van der Waals surface area contributed by atoms with Gasteiger partial charge >= 0.3 is 0 Å². The zero-order chi connectivity index (χ0) is 23.0. The van der Waals surface area contributed by atoms with Gasteiger partial charge in [0, 0.05) is 23.4 Å². The van der Waals surface area contributed by atoms with Gasteiger partial charge in [0.1, 0.15) is 22.9 Å². The van der Waals surface area contributed by atoms with Crippen LogP contribution in [0.3, 0.4) is 0 Å². The van der Waals surface area contributed by atoms with Crippen LogP contribution in [0.4, 0.5) is 17.6 Å². The highest BCUT2D eigenvalue weighted by Gasteiger charge is 2.22. The van der Waals surface area contributed by atoms with Gasteiger partial charge in [-0.3, -0.25) is 4.98 Å². The van der Waals surface area contributed by atoms with E-state index in [1.54, 1.807) is 26.0 Å². The molecule has 0 fully saturated rings. The molecule has 4 aromatic rings. The van der Waals surface area contributed by atoms with Crippen LogP contribution in [0.15, 0.2) is 69.1 Å². The predicted molar refractivity (Wildman–Crippen MR) is 111 cm³/mol. The molecule has 1 N–H and O–H groups in total. The van der Waals surface area contributed by atoms with E-state index in [1.807, 2.05) is 0 Å². The molecule has 0 aliphatic rings. The molecular formula is C23H16F4N2O2S. The fourth-order valence-corrected chi connectivity index (χ4v) is 3.75. The molecule has 0 aliphatic heterocycles. The Morgan fingerprint density at radius 2 is 1.53 bits per heavy atom. The molecule has 0 saturated carbocycles. The number of hydrogen-bond donors (Lipinski definition) is 1. The first kappa shape index (κ1) is 22.0. The highest BCUT2D eigenvalue weighted by atomic mass is 32.2. The summed E-state index contributed by atoms with van der Waals surface area (Å²) in [5.41, 5.74) is 0.484. The molecule has 164 valence electrons. The van der Waals surface area contributed by atoms with Crippen molar-refractivity contribution in [3.8, 4) is 22.7 Å². The Bertz CT molecular complexity index is 1270. The summed E-state index contributed by atoms with van der Waals surface area (Å²) < 4.78 is 60.3. The van der Waals surface area contributed by atoms with Crippen molar-refractivity contribution in [1.82, 2.24) is 9.97 Å². The Hall–Kier alpha value is -3.17. The molecule has 0 aliphatic carbocycles. The van der Waals surface area contributed by atoms with Gasteiger partial charge in [-0.05, 0) is 68.1 Å². The van der Waals surface area contributed by atoms with Gasteiger partial charge in [0.2, 0.25) is 5.89 Å². The Morgan fingerprint density at radius 1 is 0.875 bits per heavy atom. The van der Waals surface area contributed by atoms with Gasteiger partial charge < -0.3 is 9.52 Å². The van der Waals surface area contributed by atoms with Gasteiger partial charge in [-0.1, -0.05) is 0 Å². The average molecular weight is 460 g/mol. The Morgan fingerprint density at radius 3 is 2.16 bits per heavy atom. The lowest BCUT2D eigenvalue weighted by Gasteiger charge is -2.16. The molecule has 0 atom stereocenters. The lowest BCUT2D eigenvalue weighted by Crippen LogP contribution is -2.17. The third-order valence-corrected chi connectivity index (χ3v) is 5.52. The van der Waals surface area contributed by atoms with E-state index in [-0.39, 0.29) is 21.6 Å². The van der Waals surface area contributed by atoms with Crippen LogP contribution in [0.2, 0.25) is 0 Å². The van der Waals surface area contributed by atoms with Crippen molar-refractivity contribution in [2.75, 3.05) is 0 Å². The number of benzene rings is 2. The first-order valence-corrected chi connectivity index (χ1v) is 10.2. The van der Waals surface area contributed by atoms with Crippen molar-refractivity contribution in [2.24, 2.45) is 0 Å². The number of nitrogens with zero attached hydrogens (tertiary/aromatic N) is 2. The predicted octanol–water partition coefficient (Wildman–Crippen LogP) is 6.34. The highest BCUT2D eigenvalue weighted by molar-refractivity contribution is 7.99. The second-order valence-electron chi connectivity index (χ2n) is 7.45. The average Bonchev–Trinajstić information content (AvgIpc) is 3.16. The normalized spacial score (nSPS) is 11.7. The SMILES string of the molecule is CC(C)(O)c1ccc(-c2nc(-c3ccc(F)cc3)oc2Sc2cc(F)c(F)cc2F)cn1. The minimum Gasteiger partial charge on any atom is -0.429 e. The fourth-order valence-electron chi connectivity index (χ4n) is 2.85. The molecule has 0 radical (unpaired) electrons. The van der Waals surface area contributed by atoms with Gasteiger partial charge in [0.05, 0.1) is 10.6 Å². The van der Waals surface area contributed by atoms with Crippen molar-refractivity contribution in [1.29, 1.82) is 0 Å². The molecule has 2 heterocycles. The lowest BCUT2D eigenvalue weighted by molar-refractivity contribution is 0.0739. The van der Waals surface area contributed by atoms with Gasteiger partial charge in [-0.25, -0.2) is 22.5 Å². The first-order chi connectivity index (χ1) is 15.1. The van der Waals surface area contributed by atoms with Crippen molar-refractivity contribution in [3.63, 3.8) is 0 Å². The summed E-state index contributed by atoms with van der Waals surface area (Å²) in [6.45, 7) is 3.18. The number of pyridine rings is 1. The van der Waals surface area contributed by atoms with E-state index < -0.39 is 28.9 Å². The molecular weight excluding hydrogens is 444 g/mol. The van der Waals surface area contributed by atoms with E-state index in [0.717, 1.165) is 17.8 Å². The van der Waals surface area contributed by atoms with Crippen LogP contribution >= 0.6 is 11.8 Å². The first-order valence-electron chi connectivity index (χ1n) is 9.40. The fraction of sp³-hybridized carbons (Fsp3) is 0.130. The summed E-state index contributed by atoms with van der Waals surface area (Å²) in [7, 11) is 0. The molecule has 0 unspecified atom stereocenters. The number of rotatable bonds is 5. The molecule has 0 spiro atoms. The van der Waals surface area contributed by atoms with Crippen molar-refractivity contribution >= 4 is 11.8 Å². The topological polar surface area (TPSA) is 59.2 Å². The molecule has 4 nitrogen and oxygen atoms in total. The number of aromatic nitrogens is 2. The van der Waals surface area contributed by atoms with E-state index >= 15 is 0 Å².